The molecule has 4 atom stereocenters. The van der Waals surface area contributed by atoms with Gasteiger partial charge in [-0.25, -0.2) is 9.37 Å². The van der Waals surface area contributed by atoms with Crippen LogP contribution in [0.1, 0.15) is 34.6 Å². The number of nitrogens with zero attached hydrogens (tertiary/aromatic N) is 2. The maximum absolute atomic E-state index is 13.6. The Bertz CT molecular complexity index is 866. The largest absolute Gasteiger partial charge is 0.370 e. The summed E-state index contributed by atoms with van der Waals surface area (Å²) < 4.78 is 20.1. The van der Waals surface area contributed by atoms with Gasteiger partial charge in [0.05, 0.1) is 18.2 Å². The second kappa shape index (κ2) is 6.67. The normalized spacial score (nSPS) is 31.3. The number of imidazole rings is 1. The molecule has 3 aliphatic rings. The van der Waals surface area contributed by atoms with Gasteiger partial charge in [-0.15, -0.1) is 0 Å². The molecule has 0 radical (unpaired) electrons. The molecule has 1 spiro atoms. The van der Waals surface area contributed by atoms with Crippen molar-refractivity contribution in [2.24, 2.45) is 11.8 Å². The molecule has 3 aliphatic heterocycles. The van der Waals surface area contributed by atoms with Crippen LogP contribution < -0.4 is 5.32 Å². The molecule has 148 valence electrons. The van der Waals surface area contributed by atoms with E-state index in [9.17, 15) is 9.18 Å². The molecule has 0 aliphatic carbocycles. The van der Waals surface area contributed by atoms with Gasteiger partial charge in [-0.2, -0.15) is 0 Å². The first-order valence-corrected chi connectivity index (χ1v) is 9.96. The summed E-state index contributed by atoms with van der Waals surface area (Å²) in [5.74, 6) is 1.09. The van der Waals surface area contributed by atoms with E-state index in [-0.39, 0.29) is 23.4 Å². The van der Waals surface area contributed by atoms with Gasteiger partial charge in [0, 0.05) is 49.4 Å². The number of aromatic amines is 1. The fraction of sp³-hybridized carbons (Fsp3) is 0.524. The number of rotatable bonds is 5. The number of amides is 1. The smallest absolute Gasteiger partial charge is 0.251 e. The van der Waals surface area contributed by atoms with Crippen molar-refractivity contribution >= 4 is 5.91 Å². The second-order valence-corrected chi connectivity index (χ2v) is 8.46. The highest BCUT2D eigenvalue weighted by Gasteiger charge is 2.62. The van der Waals surface area contributed by atoms with Crippen LogP contribution in [0.5, 0.6) is 0 Å². The van der Waals surface area contributed by atoms with Gasteiger partial charge < -0.3 is 15.0 Å². The van der Waals surface area contributed by atoms with Gasteiger partial charge in [0.15, 0.2) is 0 Å². The van der Waals surface area contributed by atoms with E-state index in [1.807, 2.05) is 6.20 Å². The van der Waals surface area contributed by atoms with Crippen LogP contribution in [0.2, 0.25) is 0 Å². The lowest BCUT2D eigenvalue weighted by atomic mass is 9.73. The van der Waals surface area contributed by atoms with E-state index in [0.717, 1.165) is 43.9 Å². The average molecular weight is 384 g/mol. The SMILES string of the molecule is Cc1cc(F)cc(C(=O)NC[C@H]2[C@H]3CN(Cc4ncc[nH]4)C[C@]34CC[C@H]2O4)c1. The lowest BCUT2D eigenvalue weighted by Crippen LogP contribution is -2.41. The molecule has 4 heterocycles. The van der Waals surface area contributed by atoms with Gasteiger partial charge in [0.1, 0.15) is 11.6 Å². The van der Waals surface area contributed by atoms with E-state index in [0.29, 0.717) is 23.9 Å². The minimum atomic E-state index is -0.378. The summed E-state index contributed by atoms with van der Waals surface area (Å²) in [7, 11) is 0. The highest BCUT2D eigenvalue weighted by molar-refractivity contribution is 5.94. The average Bonchev–Trinajstić information content (AvgIpc) is 3.40. The molecule has 3 fully saturated rings. The summed E-state index contributed by atoms with van der Waals surface area (Å²) in [4.78, 5) is 22.4. The Kier molecular flexibility index (Phi) is 4.25. The number of carbonyl (C=O) groups excluding carboxylic acids is 1. The van der Waals surface area contributed by atoms with Crippen LogP contribution in [0.25, 0.3) is 0 Å². The Balaban J connectivity index is 1.25. The van der Waals surface area contributed by atoms with Gasteiger partial charge in [0.2, 0.25) is 0 Å². The standard InChI is InChI=1S/C21H25FN4O2/c1-13-6-14(8-15(22)7-13)20(27)25-9-16-17-10-26(11-19-23-4-5-24-19)12-21(17)3-2-18(16)28-21/h4-8,16-18H,2-3,9-12H2,1H3,(H,23,24)(H,25,27)/t16-,17+,18+,21+/m0/s1. The first kappa shape index (κ1) is 17.8. The molecule has 1 amide bonds. The van der Waals surface area contributed by atoms with Crippen molar-refractivity contribution in [2.45, 2.75) is 38.0 Å². The number of fused-ring (bicyclic) bond motifs is 1. The molecular formula is C21H25FN4O2. The maximum atomic E-state index is 13.6. The van der Waals surface area contributed by atoms with Crippen molar-refractivity contribution in [3.8, 4) is 0 Å². The number of carbonyl (C=O) groups is 1. The minimum Gasteiger partial charge on any atom is -0.370 e. The molecule has 6 nitrogen and oxygen atoms in total. The molecule has 2 bridgehead atoms. The number of hydrogen-bond donors (Lipinski definition) is 2. The summed E-state index contributed by atoms with van der Waals surface area (Å²) in [5.41, 5.74) is 1.04. The van der Waals surface area contributed by atoms with E-state index in [1.165, 1.54) is 12.1 Å². The molecule has 2 aromatic rings. The molecule has 7 heteroatoms. The highest BCUT2D eigenvalue weighted by atomic mass is 19.1. The third kappa shape index (κ3) is 3.02. The number of hydrogen-bond acceptors (Lipinski definition) is 4. The lowest BCUT2D eigenvalue weighted by Gasteiger charge is -2.29. The Morgan fingerprint density at radius 3 is 3.14 bits per heavy atom. The quantitative estimate of drug-likeness (QED) is 0.830. The number of aromatic nitrogens is 2. The number of benzene rings is 1. The fourth-order valence-corrected chi connectivity index (χ4v) is 5.46. The van der Waals surface area contributed by atoms with Gasteiger partial charge in [-0.1, -0.05) is 0 Å². The van der Waals surface area contributed by atoms with Gasteiger partial charge in [-0.05, 0) is 43.5 Å². The van der Waals surface area contributed by atoms with Crippen molar-refractivity contribution < 1.29 is 13.9 Å². The Hall–Kier alpha value is -2.25. The molecule has 3 saturated heterocycles. The number of halogens is 1. The zero-order valence-corrected chi connectivity index (χ0v) is 16.0. The molecule has 2 N–H and O–H groups in total. The van der Waals surface area contributed by atoms with Crippen molar-refractivity contribution in [3.05, 3.63) is 53.4 Å². The molecular weight excluding hydrogens is 359 g/mol. The van der Waals surface area contributed by atoms with E-state index in [2.05, 4.69) is 20.2 Å². The van der Waals surface area contributed by atoms with E-state index < -0.39 is 0 Å². The van der Waals surface area contributed by atoms with Crippen LogP contribution in [0.15, 0.2) is 30.6 Å². The van der Waals surface area contributed by atoms with E-state index >= 15 is 0 Å². The van der Waals surface area contributed by atoms with Crippen LogP contribution >= 0.6 is 0 Å². The minimum absolute atomic E-state index is 0.0813. The molecule has 1 aromatic heterocycles. The Morgan fingerprint density at radius 1 is 1.46 bits per heavy atom. The number of aryl methyl sites for hydroxylation is 1. The topological polar surface area (TPSA) is 70.2 Å². The lowest BCUT2D eigenvalue weighted by molar-refractivity contribution is 0.00196. The molecule has 28 heavy (non-hydrogen) atoms. The van der Waals surface area contributed by atoms with Crippen molar-refractivity contribution in [1.29, 1.82) is 0 Å². The first-order valence-electron chi connectivity index (χ1n) is 9.96. The monoisotopic (exact) mass is 384 g/mol. The van der Waals surface area contributed by atoms with Crippen LogP contribution in [-0.2, 0) is 11.3 Å². The third-order valence-electron chi connectivity index (χ3n) is 6.59. The summed E-state index contributed by atoms with van der Waals surface area (Å²) in [6.45, 7) is 5.03. The number of ether oxygens (including phenoxy) is 1. The molecule has 5 rings (SSSR count). The second-order valence-electron chi connectivity index (χ2n) is 8.46. The molecule has 0 unspecified atom stereocenters. The van der Waals surface area contributed by atoms with Gasteiger partial charge in [0.25, 0.3) is 5.91 Å². The first-order chi connectivity index (χ1) is 13.5. The zero-order chi connectivity index (χ0) is 19.3. The number of nitrogens with one attached hydrogen (secondary N) is 2. The predicted molar refractivity (Wildman–Crippen MR) is 101 cm³/mol. The third-order valence-corrected chi connectivity index (χ3v) is 6.59. The number of H-pyrrole nitrogens is 1. The molecule has 1 aromatic carbocycles. The van der Waals surface area contributed by atoms with Crippen LogP contribution in [0.3, 0.4) is 0 Å². The summed E-state index contributed by atoms with van der Waals surface area (Å²) in [6, 6.07) is 4.44. The fourth-order valence-electron chi connectivity index (χ4n) is 5.46. The highest BCUT2D eigenvalue weighted by Crippen LogP contribution is 2.54. The van der Waals surface area contributed by atoms with Crippen molar-refractivity contribution in [2.75, 3.05) is 19.6 Å². The van der Waals surface area contributed by atoms with E-state index in [4.69, 9.17) is 4.74 Å². The number of likely N-dealkylation sites (tertiary alicyclic amines) is 1. The summed E-state index contributed by atoms with van der Waals surface area (Å²) in [6.07, 6.45) is 5.97. The van der Waals surface area contributed by atoms with Crippen LogP contribution in [0.4, 0.5) is 4.39 Å². The Morgan fingerprint density at radius 2 is 2.36 bits per heavy atom. The van der Waals surface area contributed by atoms with E-state index in [1.54, 1.807) is 19.2 Å². The summed E-state index contributed by atoms with van der Waals surface area (Å²) in [5, 5.41) is 3.03. The van der Waals surface area contributed by atoms with Crippen LogP contribution in [0, 0.1) is 24.6 Å². The zero-order valence-electron chi connectivity index (χ0n) is 16.0. The van der Waals surface area contributed by atoms with Crippen molar-refractivity contribution in [1.82, 2.24) is 20.2 Å². The predicted octanol–water partition coefficient (Wildman–Crippen LogP) is 2.27. The summed E-state index contributed by atoms with van der Waals surface area (Å²) >= 11 is 0. The van der Waals surface area contributed by atoms with Gasteiger partial charge in [-0.3, -0.25) is 9.69 Å². The van der Waals surface area contributed by atoms with Crippen LogP contribution in [-0.4, -0.2) is 52.1 Å². The van der Waals surface area contributed by atoms with Crippen molar-refractivity contribution in [3.63, 3.8) is 0 Å². The Labute approximate surface area is 163 Å². The maximum Gasteiger partial charge on any atom is 0.251 e. The van der Waals surface area contributed by atoms with Gasteiger partial charge >= 0.3 is 0 Å². The molecule has 0 saturated carbocycles.